The number of nitrogens with one attached hydrogen (secondary N) is 1. The number of ketones is 1. The molecule has 1 amide bonds. The summed E-state index contributed by atoms with van der Waals surface area (Å²) in [6.45, 7) is 0.235. The van der Waals surface area contributed by atoms with E-state index in [-0.39, 0.29) is 17.9 Å². The largest absolute Gasteiger partial charge is 0.507 e. The van der Waals surface area contributed by atoms with Crippen molar-refractivity contribution in [2.24, 2.45) is 0 Å². The van der Waals surface area contributed by atoms with Crippen molar-refractivity contribution in [2.45, 2.75) is 12.5 Å². The average molecular weight is 543 g/mol. The van der Waals surface area contributed by atoms with Crippen LogP contribution in [0.15, 0.2) is 72.4 Å². The van der Waals surface area contributed by atoms with Crippen molar-refractivity contribution < 1.29 is 33.6 Å². The number of aromatic amines is 1. The summed E-state index contributed by atoms with van der Waals surface area (Å²) in [7, 11) is 6.15. The maximum Gasteiger partial charge on any atom is 0.295 e. The Bertz CT molecular complexity index is 1620. The number of hydrogen-bond donors (Lipinski definition) is 2. The molecule has 0 aliphatic carbocycles. The minimum Gasteiger partial charge on any atom is -0.507 e. The van der Waals surface area contributed by atoms with Crippen LogP contribution in [0.4, 0.5) is 0 Å². The van der Waals surface area contributed by atoms with Crippen molar-refractivity contribution >= 4 is 28.4 Å². The number of hydrogen-bond acceptors (Lipinski definition) is 7. The van der Waals surface area contributed by atoms with Crippen molar-refractivity contribution in [3.05, 3.63) is 89.1 Å². The van der Waals surface area contributed by atoms with Crippen molar-refractivity contribution in [3.8, 4) is 23.0 Å². The number of aliphatic hydroxyl groups is 1. The lowest BCUT2D eigenvalue weighted by molar-refractivity contribution is -0.139. The molecule has 2 N–H and O–H groups in total. The van der Waals surface area contributed by atoms with E-state index in [0.29, 0.717) is 34.8 Å². The quantitative estimate of drug-likeness (QED) is 0.176. The Morgan fingerprint density at radius 1 is 0.875 bits per heavy atom. The van der Waals surface area contributed by atoms with Crippen LogP contribution in [0.3, 0.4) is 0 Å². The Morgan fingerprint density at radius 2 is 1.62 bits per heavy atom. The van der Waals surface area contributed by atoms with Gasteiger partial charge in [0.25, 0.3) is 11.7 Å². The molecule has 3 aromatic carbocycles. The first kappa shape index (κ1) is 26.7. The highest BCUT2D eigenvalue weighted by Gasteiger charge is 2.46. The van der Waals surface area contributed by atoms with E-state index in [9.17, 15) is 14.7 Å². The molecule has 0 radical (unpaired) electrons. The number of amides is 1. The van der Waals surface area contributed by atoms with Gasteiger partial charge >= 0.3 is 0 Å². The Balaban J connectivity index is 1.58. The Labute approximate surface area is 231 Å². The number of carbonyl (C=O) groups excluding carboxylic acids is 2. The number of fused-ring (bicyclic) bond motifs is 1. The fourth-order valence-electron chi connectivity index (χ4n) is 5.14. The van der Waals surface area contributed by atoms with Gasteiger partial charge in [-0.3, -0.25) is 9.59 Å². The van der Waals surface area contributed by atoms with E-state index in [0.717, 1.165) is 22.2 Å². The summed E-state index contributed by atoms with van der Waals surface area (Å²) >= 11 is 0. The van der Waals surface area contributed by atoms with E-state index < -0.39 is 17.7 Å². The van der Waals surface area contributed by atoms with E-state index in [4.69, 9.17) is 18.9 Å². The number of ether oxygens (including phenoxy) is 4. The summed E-state index contributed by atoms with van der Waals surface area (Å²) in [6, 6.07) is 16.9. The molecule has 9 heteroatoms. The zero-order chi connectivity index (χ0) is 28.4. The number of likely N-dealkylation sites (tertiary alicyclic amines) is 1. The number of rotatable bonds is 9. The van der Waals surface area contributed by atoms with E-state index in [1.54, 1.807) is 50.6 Å². The molecule has 5 rings (SSSR count). The smallest absolute Gasteiger partial charge is 0.295 e. The third-order valence-electron chi connectivity index (χ3n) is 7.20. The van der Waals surface area contributed by atoms with Crippen LogP contribution >= 0.6 is 0 Å². The summed E-state index contributed by atoms with van der Waals surface area (Å²) in [5, 5.41) is 12.4. The zero-order valence-corrected chi connectivity index (χ0v) is 22.7. The molecule has 2 heterocycles. The summed E-state index contributed by atoms with van der Waals surface area (Å²) in [4.78, 5) is 31.7. The topological polar surface area (TPSA) is 110 Å². The number of methoxy groups -OCH3 is 4. The van der Waals surface area contributed by atoms with Crippen LogP contribution in [-0.4, -0.2) is 61.7 Å². The molecule has 0 spiro atoms. The van der Waals surface area contributed by atoms with Crippen LogP contribution in [0.2, 0.25) is 0 Å². The lowest BCUT2D eigenvalue weighted by Gasteiger charge is -2.25. The first-order valence-corrected chi connectivity index (χ1v) is 12.7. The monoisotopic (exact) mass is 542 g/mol. The van der Waals surface area contributed by atoms with Crippen LogP contribution in [0.5, 0.6) is 23.0 Å². The Kier molecular flexibility index (Phi) is 7.37. The van der Waals surface area contributed by atoms with Crippen molar-refractivity contribution in [1.82, 2.24) is 9.88 Å². The molecule has 40 heavy (non-hydrogen) atoms. The normalized spacial score (nSPS) is 16.4. The van der Waals surface area contributed by atoms with Crippen molar-refractivity contribution in [2.75, 3.05) is 35.0 Å². The highest BCUT2D eigenvalue weighted by molar-refractivity contribution is 6.46. The number of Topliss-reactive ketones (excluding diaryl/α,β-unsaturated/α-hetero) is 1. The maximum atomic E-state index is 13.5. The standard InChI is InChI=1S/C31H30N2O7/c1-37-21-7-5-6-18(14-21)28-27(29(34)19-8-11-25(39-3)26(15-19)40-4)30(35)31(36)33(28)13-12-20-17-32-24-10-9-22(38-2)16-23(20)24/h5-11,14-17,28,32,34H,12-13H2,1-4H3/t28-/m1/s1. The van der Waals surface area contributed by atoms with Crippen LogP contribution in [0.1, 0.15) is 22.7 Å². The van der Waals surface area contributed by atoms with Gasteiger partial charge in [0.1, 0.15) is 17.3 Å². The predicted molar refractivity (Wildman–Crippen MR) is 150 cm³/mol. The van der Waals surface area contributed by atoms with Gasteiger partial charge in [0.2, 0.25) is 0 Å². The molecule has 0 unspecified atom stereocenters. The first-order chi connectivity index (χ1) is 19.4. The van der Waals surface area contributed by atoms with Crippen LogP contribution < -0.4 is 18.9 Å². The second kappa shape index (κ2) is 11.1. The van der Waals surface area contributed by atoms with Gasteiger partial charge in [-0.05, 0) is 66.1 Å². The Morgan fingerprint density at radius 3 is 2.35 bits per heavy atom. The molecule has 206 valence electrons. The van der Waals surface area contributed by atoms with Crippen molar-refractivity contribution in [1.29, 1.82) is 0 Å². The summed E-state index contributed by atoms with van der Waals surface area (Å²) < 4.78 is 21.5. The molecule has 1 fully saturated rings. The number of aromatic nitrogens is 1. The lowest BCUT2D eigenvalue weighted by atomic mass is 9.95. The summed E-state index contributed by atoms with van der Waals surface area (Å²) in [6.07, 6.45) is 2.36. The first-order valence-electron chi connectivity index (χ1n) is 12.7. The average Bonchev–Trinajstić information content (AvgIpc) is 3.52. The second-order valence-corrected chi connectivity index (χ2v) is 9.31. The number of H-pyrrole nitrogens is 1. The van der Waals surface area contributed by atoms with Crippen LogP contribution in [0, 0.1) is 0 Å². The fourth-order valence-corrected chi connectivity index (χ4v) is 5.14. The minimum absolute atomic E-state index is 0.00827. The summed E-state index contributed by atoms with van der Waals surface area (Å²) in [5.74, 6) is 0.394. The minimum atomic E-state index is -0.831. The molecular weight excluding hydrogens is 512 g/mol. The zero-order valence-electron chi connectivity index (χ0n) is 22.7. The van der Waals surface area contributed by atoms with Gasteiger partial charge < -0.3 is 33.9 Å². The van der Waals surface area contributed by atoms with E-state index in [2.05, 4.69) is 4.98 Å². The molecule has 1 aromatic heterocycles. The van der Waals surface area contributed by atoms with Gasteiger partial charge in [-0.15, -0.1) is 0 Å². The molecule has 4 aromatic rings. The van der Waals surface area contributed by atoms with E-state index >= 15 is 0 Å². The molecule has 0 bridgehead atoms. The van der Waals surface area contributed by atoms with Gasteiger partial charge in [0.15, 0.2) is 11.5 Å². The second-order valence-electron chi connectivity index (χ2n) is 9.31. The molecule has 1 saturated heterocycles. The SMILES string of the molecule is COc1cccc([C@@H]2C(=C(O)c3ccc(OC)c(OC)c3)C(=O)C(=O)N2CCc2c[nH]c3ccc(OC)cc23)c1. The molecule has 1 aliphatic heterocycles. The van der Waals surface area contributed by atoms with Gasteiger partial charge in [-0.25, -0.2) is 0 Å². The highest BCUT2D eigenvalue weighted by Crippen LogP contribution is 2.41. The third-order valence-corrected chi connectivity index (χ3v) is 7.20. The van der Waals surface area contributed by atoms with Gasteiger partial charge in [-0.2, -0.15) is 0 Å². The molecule has 9 nitrogen and oxygen atoms in total. The third kappa shape index (κ3) is 4.70. The van der Waals surface area contributed by atoms with Gasteiger partial charge in [-0.1, -0.05) is 12.1 Å². The number of nitrogens with zero attached hydrogens (tertiary/aromatic N) is 1. The van der Waals surface area contributed by atoms with E-state index in [1.165, 1.54) is 19.1 Å². The number of benzene rings is 3. The fraction of sp³-hybridized carbons (Fsp3) is 0.226. The molecule has 0 saturated carbocycles. The highest BCUT2D eigenvalue weighted by atomic mass is 16.5. The molecular formula is C31H30N2O7. The van der Waals surface area contributed by atoms with Gasteiger partial charge in [0, 0.05) is 29.2 Å². The Hall–Kier alpha value is -4.92. The van der Waals surface area contributed by atoms with E-state index in [1.807, 2.05) is 30.5 Å². The van der Waals surface area contributed by atoms with Crippen LogP contribution in [0.25, 0.3) is 16.7 Å². The van der Waals surface area contributed by atoms with Gasteiger partial charge in [0.05, 0.1) is 40.1 Å². The predicted octanol–water partition coefficient (Wildman–Crippen LogP) is 4.87. The molecule has 1 aliphatic rings. The van der Waals surface area contributed by atoms with Crippen LogP contribution in [-0.2, 0) is 16.0 Å². The van der Waals surface area contributed by atoms with Crippen molar-refractivity contribution in [3.63, 3.8) is 0 Å². The number of carbonyl (C=O) groups is 2. The lowest BCUT2D eigenvalue weighted by Crippen LogP contribution is -2.31. The summed E-state index contributed by atoms with van der Waals surface area (Å²) in [5.41, 5.74) is 2.87. The number of aliphatic hydroxyl groups excluding tert-OH is 1. The molecule has 1 atom stereocenters. The maximum absolute atomic E-state index is 13.5.